The first kappa shape index (κ1) is 18.7. The fourth-order valence-corrected chi connectivity index (χ4v) is 4.35. The van der Waals surface area contributed by atoms with Gasteiger partial charge in [-0.25, -0.2) is 4.98 Å². The Morgan fingerprint density at radius 1 is 1.07 bits per heavy atom. The van der Waals surface area contributed by atoms with Crippen LogP contribution in [0.4, 0.5) is 5.69 Å². The Morgan fingerprint density at radius 2 is 1.86 bits per heavy atom. The summed E-state index contributed by atoms with van der Waals surface area (Å²) in [4.78, 5) is 30.3. The minimum absolute atomic E-state index is 0.136. The molecule has 4 rings (SSSR count). The summed E-state index contributed by atoms with van der Waals surface area (Å²) in [7, 11) is 0. The largest absolute Gasteiger partial charge is 0.348 e. The third-order valence-electron chi connectivity index (χ3n) is 5.86. The molecule has 6 heteroatoms. The number of hydrogen-bond acceptors (Lipinski definition) is 3. The molecule has 2 aliphatic rings. The van der Waals surface area contributed by atoms with E-state index in [1.807, 2.05) is 36.6 Å². The molecule has 2 heterocycles. The molecule has 148 valence electrons. The molecular formula is C22H28N4O2. The van der Waals surface area contributed by atoms with Gasteiger partial charge in [-0.3, -0.25) is 9.59 Å². The number of nitrogens with one attached hydrogen (secondary N) is 2. The second-order valence-corrected chi connectivity index (χ2v) is 8.07. The maximum Gasteiger partial charge on any atom is 0.291 e. The van der Waals surface area contributed by atoms with Gasteiger partial charge in [0.05, 0.1) is 5.69 Å². The fraction of sp³-hybridized carbons (Fsp3) is 0.500. The van der Waals surface area contributed by atoms with E-state index in [4.69, 9.17) is 0 Å². The van der Waals surface area contributed by atoms with Crippen LogP contribution in [0.5, 0.6) is 0 Å². The zero-order valence-corrected chi connectivity index (χ0v) is 16.7. The van der Waals surface area contributed by atoms with Crippen LogP contribution in [0.25, 0.3) is 0 Å². The molecule has 1 saturated carbocycles. The molecule has 0 spiro atoms. The van der Waals surface area contributed by atoms with Crippen molar-refractivity contribution in [2.75, 3.05) is 5.32 Å². The first-order valence-corrected chi connectivity index (χ1v) is 10.3. The molecule has 0 atom stereocenters. The van der Waals surface area contributed by atoms with Gasteiger partial charge in [-0.2, -0.15) is 0 Å². The summed E-state index contributed by atoms with van der Waals surface area (Å²) in [6.07, 6.45) is 7.19. The fourth-order valence-electron chi connectivity index (χ4n) is 4.35. The number of imidazole rings is 1. The van der Waals surface area contributed by atoms with E-state index < -0.39 is 0 Å². The highest BCUT2D eigenvalue weighted by atomic mass is 16.2. The lowest BCUT2D eigenvalue weighted by Gasteiger charge is -2.18. The van der Waals surface area contributed by atoms with Gasteiger partial charge in [-0.15, -0.1) is 0 Å². The van der Waals surface area contributed by atoms with Crippen LogP contribution >= 0.6 is 0 Å². The molecule has 0 radical (unpaired) electrons. The Labute approximate surface area is 165 Å². The average molecular weight is 380 g/mol. The number of aryl methyl sites for hydroxylation is 2. The third-order valence-corrected chi connectivity index (χ3v) is 5.86. The molecule has 2 aromatic rings. The Hall–Kier alpha value is -2.63. The summed E-state index contributed by atoms with van der Waals surface area (Å²) >= 11 is 0. The van der Waals surface area contributed by atoms with Crippen LogP contribution in [0, 0.1) is 13.8 Å². The van der Waals surface area contributed by atoms with Gasteiger partial charge in [0.15, 0.2) is 5.82 Å². The molecule has 6 nitrogen and oxygen atoms in total. The lowest BCUT2D eigenvalue weighted by atomic mass is 10.1. The first-order chi connectivity index (χ1) is 13.5. The molecule has 1 aromatic heterocycles. The van der Waals surface area contributed by atoms with Crippen LogP contribution in [-0.2, 0) is 13.0 Å². The van der Waals surface area contributed by atoms with Crippen molar-refractivity contribution < 1.29 is 9.59 Å². The Balaban J connectivity index is 1.60. The zero-order chi connectivity index (χ0) is 19.7. The van der Waals surface area contributed by atoms with Gasteiger partial charge in [0.25, 0.3) is 11.8 Å². The molecule has 1 aliphatic heterocycles. The monoisotopic (exact) mass is 380 g/mol. The zero-order valence-electron chi connectivity index (χ0n) is 16.7. The maximum atomic E-state index is 13.0. The van der Waals surface area contributed by atoms with E-state index in [0.29, 0.717) is 11.5 Å². The van der Waals surface area contributed by atoms with E-state index in [-0.39, 0.29) is 17.9 Å². The molecule has 0 unspecified atom stereocenters. The predicted octanol–water partition coefficient (Wildman–Crippen LogP) is 3.76. The van der Waals surface area contributed by atoms with E-state index in [2.05, 4.69) is 15.6 Å². The van der Waals surface area contributed by atoms with E-state index in [1.165, 1.54) is 0 Å². The molecule has 1 aromatic carbocycles. The predicted molar refractivity (Wildman–Crippen MR) is 109 cm³/mol. The van der Waals surface area contributed by atoms with Crippen molar-refractivity contribution in [2.45, 2.75) is 71.4 Å². The van der Waals surface area contributed by atoms with Gasteiger partial charge in [-0.05, 0) is 57.6 Å². The van der Waals surface area contributed by atoms with Gasteiger partial charge >= 0.3 is 0 Å². The summed E-state index contributed by atoms with van der Waals surface area (Å²) in [5, 5.41) is 6.09. The lowest BCUT2D eigenvalue weighted by Crippen LogP contribution is -2.33. The minimum Gasteiger partial charge on any atom is -0.348 e. The number of amides is 2. The number of anilines is 1. The summed E-state index contributed by atoms with van der Waals surface area (Å²) < 4.78 is 1.94. The van der Waals surface area contributed by atoms with Crippen molar-refractivity contribution in [2.24, 2.45) is 0 Å². The van der Waals surface area contributed by atoms with Crippen molar-refractivity contribution >= 4 is 17.5 Å². The maximum absolute atomic E-state index is 13.0. The highest BCUT2D eigenvalue weighted by molar-refractivity contribution is 6.04. The van der Waals surface area contributed by atoms with Gasteiger partial charge in [0, 0.05) is 18.3 Å². The van der Waals surface area contributed by atoms with E-state index in [1.54, 1.807) is 0 Å². The molecule has 2 N–H and O–H groups in total. The average Bonchev–Trinajstić information content (AvgIpc) is 3.31. The van der Waals surface area contributed by atoms with Crippen molar-refractivity contribution in [1.29, 1.82) is 0 Å². The summed E-state index contributed by atoms with van der Waals surface area (Å²) in [6, 6.07) is 6.17. The van der Waals surface area contributed by atoms with E-state index in [9.17, 15) is 9.59 Å². The van der Waals surface area contributed by atoms with E-state index in [0.717, 1.165) is 74.0 Å². The Kier molecular flexibility index (Phi) is 5.20. The normalized spacial score (nSPS) is 16.6. The number of nitrogens with zero attached hydrogens (tertiary/aromatic N) is 2. The second-order valence-electron chi connectivity index (χ2n) is 8.07. The van der Waals surface area contributed by atoms with Crippen LogP contribution in [0.2, 0.25) is 0 Å². The molecule has 0 bridgehead atoms. The van der Waals surface area contributed by atoms with Gasteiger partial charge in [0.1, 0.15) is 5.69 Å². The van der Waals surface area contributed by atoms with Crippen LogP contribution in [0.15, 0.2) is 18.2 Å². The smallest absolute Gasteiger partial charge is 0.291 e. The first-order valence-electron chi connectivity index (χ1n) is 10.3. The molecule has 1 aliphatic carbocycles. The standard InChI is InChI=1S/C22H28N4O2/c1-14-10-11-17(15(2)13-14)24-22(28)20-25-19(18-9-5-6-12-26(18)20)21(27)23-16-7-3-4-8-16/h10-11,13,16H,3-9,12H2,1-2H3,(H,23,27)(H,24,28). The van der Waals surface area contributed by atoms with Crippen LogP contribution in [-0.4, -0.2) is 27.4 Å². The second kappa shape index (κ2) is 7.78. The molecule has 28 heavy (non-hydrogen) atoms. The third kappa shape index (κ3) is 3.68. The van der Waals surface area contributed by atoms with Crippen molar-refractivity contribution in [1.82, 2.24) is 14.9 Å². The molecule has 1 fully saturated rings. The van der Waals surface area contributed by atoms with Crippen molar-refractivity contribution in [3.05, 3.63) is 46.5 Å². The van der Waals surface area contributed by atoms with Crippen molar-refractivity contribution in [3.8, 4) is 0 Å². The summed E-state index contributed by atoms with van der Waals surface area (Å²) in [5.41, 5.74) is 4.27. The molecule has 0 saturated heterocycles. The highest BCUT2D eigenvalue weighted by Crippen LogP contribution is 2.24. The Morgan fingerprint density at radius 3 is 2.61 bits per heavy atom. The number of hydrogen-bond donors (Lipinski definition) is 2. The van der Waals surface area contributed by atoms with Crippen LogP contribution in [0.1, 0.15) is 76.5 Å². The van der Waals surface area contributed by atoms with Crippen LogP contribution < -0.4 is 10.6 Å². The van der Waals surface area contributed by atoms with Gasteiger partial charge < -0.3 is 15.2 Å². The number of benzene rings is 1. The number of aromatic nitrogens is 2. The topological polar surface area (TPSA) is 76.0 Å². The minimum atomic E-state index is -0.255. The molecular weight excluding hydrogens is 352 g/mol. The Bertz CT molecular complexity index is 910. The summed E-state index contributed by atoms with van der Waals surface area (Å²) in [6.45, 7) is 4.73. The van der Waals surface area contributed by atoms with Crippen molar-refractivity contribution in [3.63, 3.8) is 0 Å². The quantitative estimate of drug-likeness (QED) is 0.848. The number of fused-ring (bicyclic) bond motifs is 1. The molecule has 2 amide bonds. The summed E-state index contributed by atoms with van der Waals surface area (Å²) in [5.74, 6) is -0.0515. The number of carbonyl (C=O) groups excluding carboxylic acids is 2. The van der Waals surface area contributed by atoms with Crippen LogP contribution in [0.3, 0.4) is 0 Å². The number of rotatable bonds is 4. The van der Waals surface area contributed by atoms with E-state index >= 15 is 0 Å². The number of carbonyl (C=O) groups is 2. The van der Waals surface area contributed by atoms with Gasteiger partial charge in [0.2, 0.25) is 0 Å². The van der Waals surface area contributed by atoms with Gasteiger partial charge in [-0.1, -0.05) is 30.5 Å². The lowest BCUT2D eigenvalue weighted by molar-refractivity contribution is 0.0931. The SMILES string of the molecule is Cc1ccc(NC(=O)c2nc(C(=O)NC3CCCC3)c3n2CCCC3)c(C)c1. The highest BCUT2D eigenvalue weighted by Gasteiger charge is 2.29.